The minimum Gasteiger partial charge on any atom is -0.465 e. The molecule has 1 aliphatic rings. The maximum absolute atomic E-state index is 11.9. The van der Waals surface area contributed by atoms with Crippen molar-refractivity contribution in [1.82, 2.24) is 0 Å². The fraction of sp³-hybridized carbons (Fsp3) is 0.389. The molecule has 1 amide bonds. The fourth-order valence-corrected chi connectivity index (χ4v) is 2.47. The van der Waals surface area contributed by atoms with E-state index in [0.29, 0.717) is 17.7 Å². The van der Waals surface area contributed by atoms with Crippen LogP contribution >= 0.6 is 0 Å². The lowest BCUT2D eigenvalue weighted by molar-refractivity contribution is -0.147. The number of benzene rings is 1. The van der Waals surface area contributed by atoms with Gasteiger partial charge in [0.05, 0.1) is 19.1 Å². The molecule has 0 radical (unpaired) electrons. The van der Waals surface area contributed by atoms with E-state index in [1.807, 2.05) is 12.2 Å². The molecule has 1 aromatic carbocycles. The van der Waals surface area contributed by atoms with Crippen LogP contribution in [0.5, 0.6) is 0 Å². The number of aryl methyl sites for hydroxylation is 1. The predicted octanol–water partition coefficient (Wildman–Crippen LogP) is 2.62. The molecule has 1 atom stereocenters. The first-order chi connectivity index (χ1) is 11.5. The van der Waals surface area contributed by atoms with E-state index in [0.717, 1.165) is 18.4 Å². The average Bonchev–Trinajstić information content (AvgIpc) is 3.07. The van der Waals surface area contributed by atoms with E-state index in [4.69, 9.17) is 4.74 Å². The number of methoxy groups -OCH3 is 1. The summed E-state index contributed by atoms with van der Waals surface area (Å²) in [6.45, 7) is 1.45. The summed E-state index contributed by atoms with van der Waals surface area (Å²) in [4.78, 5) is 35.2. The Kier molecular flexibility index (Phi) is 6.12. The zero-order valence-corrected chi connectivity index (χ0v) is 13.8. The van der Waals surface area contributed by atoms with E-state index in [1.54, 1.807) is 19.1 Å². The number of carbonyl (C=O) groups excluding carboxylic acids is 3. The Hall–Kier alpha value is -2.63. The summed E-state index contributed by atoms with van der Waals surface area (Å²) in [6.07, 6.45) is 6.26. The lowest BCUT2D eigenvalue weighted by atomic mass is 10.1. The zero-order chi connectivity index (χ0) is 17.5. The van der Waals surface area contributed by atoms with Crippen molar-refractivity contribution in [2.24, 2.45) is 5.92 Å². The SMILES string of the molecule is COC(=O)c1ccc(C)c(NC(=O)COC(=O)C[C@@H]2C=CCC2)c1. The molecule has 1 aliphatic carbocycles. The van der Waals surface area contributed by atoms with Crippen molar-refractivity contribution in [3.63, 3.8) is 0 Å². The van der Waals surface area contributed by atoms with E-state index in [2.05, 4.69) is 10.1 Å². The Morgan fingerprint density at radius 2 is 2.08 bits per heavy atom. The van der Waals surface area contributed by atoms with E-state index in [1.165, 1.54) is 13.2 Å². The van der Waals surface area contributed by atoms with Crippen LogP contribution in [-0.2, 0) is 19.1 Å². The molecule has 1 aromatic rings. The molecule has 0 aliphatic heterocycles. The van der Waals surface area contributed by atoms with Crippen LogP contribution in [-0.4, -0.2) is 31.6 Å². The summed E-state index contributed by atoms with van der Waals surface area (Å²) in [5, 5.41) is 2.64. The van der Waals surface area contributed by atoms with Crippen LogP contribution in [0.15, 0.2) is 30.4 Å². The first-order valence-corrected chi connectivity index (χ1v) is 7.80. The molecular formula is C18H21NO5. The largest absolute Gasteiger partial charge is 0.465 e. The van der Waals surface area contributed by atoms with Crippen LogP contribution in [0.25, 0.3) is 0 Å². The maximum atomic E-state index is 11.9. The molecule has 0 bridgehead atoms. The molecule has 0 fully saturated rings. The molecule has 0 heterocycles. The standard InChI is InChI=1S/C18H21NO5/c1-12-7-8-14(18(22)23-2)10-15(12)19-16(20)11-24-17(21)9-13-5-3-4-6-13/h3,5,7-8,10,13H,4,6,9,11H2,1-2H3,(H,19,20)/t13-/m1/s1. The third kappa shape index (κ3) is 4.94. The fourth-order valence-electron chi connectivity index (χ4n) is 2.47. The first kappa shape index (κ1) is 17.7. The summed E-state index contributed by atoms with van der Waals surface area (Å²) < 4.78 is 9.65. The minimum atomic E-state index is -0.485. The highest BCUT2D eigenvalue weighted by atomic mass is 16.5. The molecule has 1 N–H and O–H groups in total. The molecule has 2 rings (SSSR count). The first-order valence-electron chi connectivity index (χ1n) is 7.80. The average molecular weight is 331 g/mol. The third-order valence-corrected chi connectivity index (χ3v) is 3.84. The second-order valence-corrected chi connectivity index (χ2v) is 5.70. The predicted molar refractivity (Wildman–Crippen MR) is 88.6 cm³/mol. The van der Waals surface area contributed by atoms with Crippen LogP contribution in [0.1, 0.15) is 35.2 Å². The van der Waals surface area contributed by atoms with Crippen molar-refractivity contribution < 1.29 is 23.9 Å². The maximum Gasteiger partial charge on any atom is 0.337 e. The van der Waals surface area contributed by atoms with Crippen LogP contribution in [0.2, 0.25) is 0 Å². The summed E-state index contributed by atoms with van der Waals surface area (Å²) in [6, 6.07) is 4.86. The highest BCUT2D eigenvalue weighted by molar-refractivity contribution is 5.96. The number of hydrogen-bond acceptors (Lipinski definition) is 5. The van der Waals surface area contributed by atoms with Gasteiger partial charge in [0.25, 0.3) is 5.91 Å². The van der Waals surface area contributed by atoms with Gasteiger partial charge in [-0.15, -0.1) is 0 Å². The topological polar surface area (TPSA) is 81.7 Å². The molecule has 0 spiro atoms. The summed E-state index contributed by atoms with van der Waals surface area (Å²) in [5.74, 6) is -1.11. The smallest absolute Gasteiger partial charge is 0.337 e. The van der Waals surface area contributed by atoms with E-state index in [-0.39, 0.29) is 18.5 Å². The van der Waals surface area contributed by atoms with Gasteiger partial charge in [-0.3, -0.25) is 9.59 Å². The number of allylic oxidation sites excluding steroid dienone is 2. The Bertz CT molecular complexity index is 665. The lowest BCUT2D eigenvalue weighted by Crippen LogP contribution is -2.22. The van der Waals surface area contributed by atoms with Gasteiger partial charge in [0.2, 0.25) is 0 Å². The highest BCUT2D eigenvalue weighted by Crippen LogP contribution is 2.21. The van der Waals surface area contributed by atoms with Crippen molar-refractivity contribution in [1.29, 1.82) is 0 Å². The van der Waals surface area contributed by atoms with Gasteiger partial charge in [0.1, 0.15) is 0 Å². The van der Waals surface area contributed by atoms with Crippen LogP contribution in [0.4, 0.5) is 5.69 Å². The quantitative estimate of drug-likeness (QED) is 0.640. The monoisotopic (exact) mass is 331 g/mol. The Labute approximate surface area is 140 Å². The molecule has 24 heavy (non-hydrogen) atoms. The number of rotatable bonds is 6. The molecule has 6 nitrogen and oxygen atoms in total. The van der Waals surface area contributed by atoms with Gasteiger partial charge in [0, 0.05) is 5.69 Å². The van der Waals surface area contributed by atoms with Crippen molar-refractivity contribution in [3.05, 3.63) is 41.5 Å². The number of nitrogens with one attached hydrogen (secondary N) is 1. The van der Waals surface area contributed by atoms with Gasteiger partial charge in [-0.1, -0.05) is 18.2 Å². The summed E-state index contributed by atoms with van der Waals surface area (Å²) in [5.41, 5.74) is 1.61. The van der Waals surface area contributed by atoms with Crippen LogP contribution in [0.3, 0.4) is 0 Å². The Balaban J connectivity index is 1.86. The second-order valence-electron chi connectivity index (χ2n) is 5.70. The zero-order valence-electron chi connectivity index (χ0n) is 13.8. The molecule has 0 aromatic heterocycles. The van der Waals surface area contributed by atoms with Crippen molar-refractivity contribution in [2.75, 3.05) is 19.0 Å². The molecule has 128 valence electrons. The van der Waals surface area contributed by atoms with Gasteiger partial charge >= 0.3 is 11.9 Å². The summed E-state index contributed by atoms with van der Waals surface area (Å²) >= 11 is 0. The lowest BCUT2D eigenvalue weighted by Gasteiger charge is -2.11. The van der Waals surface area contributed by atoms with Gasteiger partial charge in [-0.2, -0.15) is 0 Å². The molecule has 0 saturated carbocycles. The van der Waals surface area contributed by atoms with Crippen LogP contribution in [0, 0.1) is 12.8 Å². The number of carbonyl (C=O) groups is 3. The number of anilines is 1. The second kappa shape index (κ2) is 8.29. The van der Waals surface area contributed by atoms with Crippen LogP contribution < -0.4 is 5.32 Å². The van der Waals surface area contributed by atoms with E-state index in [9.17, 15) is 14.4 Å². The summed E-state index contributed by atoms with van der Waals surface area (Å²) in [7, 11) is 1.29. The number of hydrogen-bond donors (Lipinski definition) is 1. The number of amides is 1. The minimum absolute atomic E-state index is 0.208. The molecule has 6 heteroatoms. The van der Waals surface area contributed by atoms with Crippen molar-refractivity contribution in [3.8, 4) is 0 Å². The number of esters is 2. The van der Waals surface area contributed by atoms with E-state index >= 15 is 0 Å². The molecular weight excluding hydrogens is 310 g/mol. The molecule has 0 saturated heterocycles. The van der Waals surface area contributed by atoms with Crippen molar-refractivity contribution >= 4 is 23.5 Å². The van der Waals surface area contributed by atoms with Gasteiger partial charge in [-0.05, 0) is 43.4 Å². The third-order valence-electron chi connectivity index (χ3n) is 3.84. The number of ether oxygens (including phenoxy) is 2. The van der Waals surface area contributed by atoms with Crippen molar-refractivity contribution in [2.45, 2.75) is 26.2 Å². The van der Waals surface area contributed by atoms with Gasteiger partial charge in [0.15, 0.2) is 6.61 Å². The molecule has 0 unspecified atom stereocenters. The van der Waals surface area contributed by atoms with Gasteiger partial charge < -0.3 is 14.8 Å². The Morgan fingerprint density at radius 1 is 1.29 bits per heavy atom. The normalized spacial score (nSPS) is 15.8. The Morgan fingerprint density at radius 3 is 2.75 bits per heavy atom. The van der Waals surface area contributed by atoms with Gasteiger partial charge in [-0.25, -0.2) is 4.79 Å². The highest BCUT2D eigenvalue weighted by Gasteiger charge is 2.16. The van der Waals surface area contributed by atoms with E-state index < -0.39 is 11.9 Å².